The van der Waals surface area contributed by atoms with Gasteiger partial charge in [-0.15, -0.1) is 0 Å². The number of rotatable bonds is 15. The molecule has 0 radical (unpaired) electrons. The fraction of sp³-hybridized carbons (Fsp3) is 0.156. The summed E-state index contributed by atoms with van der Waals surface area (Å²) in [5, 5.41) is 31.1. The van der Waals surface area contributed by atoms with Crippen molar-refractivity contribution in [1.82, 2.24) is 15.3 Å². The minimum Gasteiger partial charge on any atom is -0.506 e. The van der Waals surface area contributed by atoms with Crippen LogP contribution in [-0.4, -0.2) is 60.6 Å². The number of hydrogen-bond donors (Lipinski definition) is 7. The molecule has 2 amide bonds. The molecule has 0 aliphatic rings. The predicted octanol–water partition coefficient (Wildman–Crippen LogP) is 6.28. The minimum atomic E-state index is -4.18. The van der Waals surface area contributed by atoms with Gasteiger partial charge in [0.2, 0.25) is 15.4 Å². The third kappa shape index (κ3) is 8.83. The van der Waals surface area contributed by atoms with Crippen LogP contribution in [0, 0.1) is 6.92 Å². The van der Waals surface area contributed by atoms with E-state index >= 15 is 0 Å². The smallest absolute Gasteiger partial charge is 0.255 e. The molecule has 0 bridgehead atoms. The first kappa shape index (κ1) is 41.1. The Balaban J connectivity index is 1.00. The molecule has 1 atom stereocenters. The number of sulfone groups is 1. The topological polar surface area (TPSA) is 226 Å². The molecule has 7 rings (SSSR count). The van der Waals surface area contributed by atoms with E-state index in [1.165, 1.54) is 61.8 Å². The number of aliphatic hydroxyl groups excluding tert-OH is 1. The summed E-state index contributed by atoms with van der Waals surface area (Å²) in [6, 6.07) is 29.2. The molecule has 8 N–H and O–H groups in total. The van der Waals surface area contributed by atoms with E-state index in [-0.39, 0.29) is 44.4 Å². The summed E-state index contributed by atoms with van der Waals surface area (Å²) in [5.41, 5.74) is 9.63. The molecule has 0 saturated carbocycles. The first-order valence-electron chi connectivity index (χ1n) is 19.0. The average Bonchev–Trinajstić information content (AvgIpc) is 3.24. The van der Waals surface area contributed by atoms with Crippen molar-refractivity contribution in [2.45, 2.75) is 35.7 Å². The molecule has 15 heteroatoms. The molecule has 0 saturated heterocycles. The van der Waals surface area contributed by atoms with E-state index in [0.29, 0.717) is 57.5 Å². The first-order chi connectivity index (χ1) is 28.8. The molecule has 0 spiro atoms. The normalized spacial score (nSPS) is 12.0. The standard InChI is InChI=1S/C45H42N6O8S/c1-26-19-33(22-36-41(26)48-24-37(44(46)55)42(36)49-30-9-4-10-31(21-30)59-2)60(57,58)32-11-3-8-28(20-32)45(56)50-29-16-14-27(15-17-29)7-6-18-47-25-39(53)35-23-40(54)51-43-34(35)12-5-13-38(43)52/h3-5,8-17,19-24,39,47,52-53H,6-7,18,25H2,1-2H3,(H2,46,55)(H,48,49)(H,50,56)(H,51,54)/t39-/m0/s1. The Morgan fingerprint density at radius 1 is 0.900 bits per heavy atom. The maximum atomic E-state index is 14.2. The zero-order valence-electron chi connectivity index (χ0n) is 32.7. The molecule has 0 aliphatic heterocycles. The van der Waals surface area contributed by atoms with Crippen LogP contribution in [0.2, 0.25) is 0 Å². The number of primary amides is 1. The van der Waals surface area contributed by atoms with Gasteiger partial charge in [-0.3, -0.25) is 19.4 Å². The van der Waals surface area contributed by atoms with Crippen molar-refractivity contribution in [3.05, 3.63) is 154 Å². The minimum absolute atomic E-state index is 0.0632. The number of benzene rings is 5. The molecule has 5 aromatic carbocycles. The van der Waals surface area contributed by atoms with Crippen LogP contribution in [0.4, 0.5) is 17.1 Å². The Hall–Kier alpha value is -7.07. The van der Waals surface area contributed by atoms with Crippen LogP contribution in [0.3, 0.4) is 0 Å². The zero-order valence-corrected chi connectivity index (χ0v) is 33.5. The highest BCUT2D eigenvalue weighted by Crippen LogP contribution is 2.35. The van der Waals surface area contributed by atoms with Gasteiger partial charge >= 0.3 is 0 Å². The van der Waals surface area contributed by atoms with Crippen LogP contribution in [0.5, 0.6) is 11.5 Å². The number of fused-ring (bicyclic) bond motifs is 2. The van der Waals surface area contributed by atoms with Crippen LogP contribution < -0.4 is 32.0 Å². The van der Waals surface area contributed by atoms with Crippen molar-refractivity contribution in [2.24, 2.45) is 5.73 Å². The number of nitrogens with two attached hydrogens (primary N) is 1. The molecule has 0 fully saturated rings. The van der Waals surface area contributed by atoms with E-state index in [9.17, 15) is 33.0 Å². The number of methoxy groups -OCH3 is 1. The van der Waals surface area contributed by atoms with Gasteiger partial charge in [-0.25, -0.2) is 8.42 Å². The Labute approximate surface area is 345 Å². The van der Waals surface area contributed by atoms with E-state index in [1.807, 2.05) is 12.1 Å². The number of H-pyrrole nitrogens is 1. The van der Waals surface area contributed by atoms with Crippen LogP contribution >= 0.6 is 0 Å². The molecule has 14 nitrogen and oxygen atoms in total. The van der Waals surface area contributed by atoms with Crippen molar-refractivity contribution >= 4 is 60.5 Å². The van der Waals surface area contributed by atoms with Crippen LogP contribution in [-0.2, 0) is 16.3 Å². The summed E-state index contributed by atoms with van der Waals surface area (Å²) in [6.45, 7) is 2.52. The SMILES string of the molecule is COc1cccc(Nc2c(C(N)=O)cnc3c(C)cc(S(=O)(=O)c4cccc(C(=O)Nc5ccc(CCCNC[C@H](O)c6cc(=O)[nH]c7c(O)cccc67)cc5)c4)cc23)c1. The number of hydrogen-bond acceptors (Lipinski definition) is 11. The summed E-state index contributed by atoms with van der Waals surface area (Å²) in [4.78, 5) is 44.9. The fourth-order valence-electron chi connectivity index (χ4n) is 7.00. The Bertz CT molecular complexity index is 2930. The van der Waals surface area contributed by atoms with Gasteiger partial charge in [0.25, 0.3) is 11.8 Å². The molecule has 60 heavy (non-hydrogen) atoms. The largest absolute Gasteiger partial charge is 0.506 e. The summed E-state index contributed by atoms with van der Waals surface area (Å²) in [5.74, 6) is -0.752. The number of aryl methyl sites for hydroxylation is 2. The van der Waals surface area contributed by atoms with Gasteiger partial charge in [0.05, 0.1) is 45.3 Å². The number of aromatic nitrogens is 2. The van der Waals surface area contributed by atoms with Gasteiger partial charge in [0.15, 0.2) is 0 Å². The zero-order chi connectivity index (χ0) is 42.6. The lowest BCUT2D eigenvalue weighted by molar-refractivity contribution is 0.0998. The predicted molar refractivity (Wildman–Crippen MR) is 230 cm³/mol. The first-order valence-corrected chi connectivity index (χ1v) is 20.4. The fourth-order valence-corrected chi connectivity index (χ4v) is 8.42. The number of carbonyl (C=O) groups is 2. The lowest BCUT2D eigenvalue weighted by Crippen LogP contribution is -2.24. The van der Waals surface area contributed by atoms with Gasteiger partial charge in [0, 0.05) is 52.6 Å². The van der Waals surface area contributed by atoms with Gasteiger partial charge in [-0.05, 0) is 104 Å². The van der Waals surface area contributed by atoms with Crippen molar-refractivity contribution in [3.8, 4) is 11.5 Å². The van der Waals surface area contributed by atoms with E-state index in [1.54, 1.807) is 55.5 Å². The summed E-state index contributed by atoms with van der Waals surface area (Å²) >= 11 is 0. The van der Waals surface area contributed by atoms with Gasteiger partial charge < -0.3 is 41.6 Å². The third-order valence-electron chi connectivity index (χ3n) is 10.1. The number of nitrogens with one attached hydrogen (secondary N) is 4. The number of aromatic amines is 1. The van der Waals surface area contributed by atoms with E-state index in [2.05, 4.69) is 25.9 Å². The molecule has 306 valence electrons. The van der Waals surface area contributed by atoms with Crippen molar-refractivity contribution in [1.29, 1.82) is 0 Å². The van der Waals surface area contributed by atoms with Crippen molar-refractivity contribution in [2.75, 3.05) is 30.8 Å². The molecule has 2 heterocycles. The summed E-state index contributed by atoms with van der Waals surface area (Å²) < 4.78 is 33.6. The Morgan fingerprint density at radius 3 is 2.43 bits per heavy atom. The average molecular weight is 827 g/mol. The molecular formula is C45H42N6O8S. The second-order valence-electron chi connectivity index (χ2n) is 14.2. The molecule has 0 unspecified atom stereocenters. The number of carbonyl (C=O) groups excluding carboxylic acids is 2. The Kier molecular flexibility index (Phi) is 11.9. The number of nitrogens with zero attached hydrogens (tertiary/aromatic N) is 1. The van der Waals surface area contributed by atoms with Gasteiger partial charge in [-0.1, -0.05) is 36.4 Å². The molecule has 0 aliphatic carbocycles. The number of para-hydroxylation sites is 1. The van der Waals surface area contributed by atoms with E-state index < -0.39 is 33.3 Å². The maximum absolute atomic E-state index is 14.2. The molecule has 7 aromatic rings. The summed E-state index contributed by atoms with van der Waals surface area (Å²) in [7, 11) is -2.65. The lowest BCUT2D eigenvalue weighted by atomic mass is 10.0. The molecular weight excluding hydrogens is 785 g/mol. The third-order valence-corrected chi connectivity index (χ3v) is 11.8. The lowest BCUT2D eigenvalue weighted by Gasteiger charge is -2.16. The highest BCUT2D eigenvalue weighted by molar-refractivity contribution is 7.91. The highest BCUT2D eigenvalue weighted by atomic mass is 32.2. The van der Waals surface area contributed by atoms with E-state index in [0.717, 1.165) is 12.0 Å². The maximum Gasteiger partial charge on any atom is 0.255 e. The number of phenolic OH excluding ortho intramolecular Hbond substituents is 1. The van der Waals surface area contributed by atoms with Gasteiger partial charge in [-0.2, -0.15) is 0 Å². The second kappa shape index (κ2) is 17.4. The number of aromatic hydroxyl groups is 1. The van der Waals surface area contributed by atoms with E-state index in [4.69, 9.17) is 10.5 Å². The Morgan fingerprint density at radius 2 is 1.67 bits per heavy atom. The monoisotopic (exact) mass is 826 g/mol. The van der Waals surface area contributed by atoms with Crippen LogP contribution in [0.1, 0.15) is 49.9 Å². The number of anilines is 3. The second-order valence-corrected chi connectivity index (χ2v) is 16.1. The highest BCUT2D eigenvalue weighted by Gasteiger charge is 2.24. The number of pyridine rings is 2. The molecule has 2 aromatic heterocycles. The quantitative estimate of drug-likeness (QED) is 0.0570. The number of phenols is 1. The number of aliphatic hydroxyl groups is 1. The summed E-state index contributed by atoms with van der Waals surface area (Å²) in [6.07, 6.45) is 1.86. The number of ether oxygens (including phenoxy) is 1. The van der Waals surface area contributed by atoms with Crippen molar-refractivity contribution in [3.63, 3.8) is 0 Å². The number of amides is 2. The van der Waals surface area contributed by atoms with Crippen LogP contribution in [0.15, 0.2) is 130 Å². The van der Waals surface area contributed by atoms with Crippen LogP contribution in [0.25, 0.3) is 21.8 Å². The van der Waals surface area contributed by atoms with Gasteiger partial charge in [0.1, 0.15) is 11.5 Å². The van der Waals surface area contributed by atoms with Crippen molar-refractivity contribution < 1.29 is 33.0 Å².